The van der Waals surface area contributed by atoms with Crippen LogP contribution in [0.25, 0.3) is 33.6 Å². The highest BCUT2D eigenvalue weighted by Gasteiger charge is 2.35. The molecule has 1 aromatic heterocycles. The third-order valence-corrected chi connectivity index (χ3v) is 9.53. The van der Waals surface area contributed by atoms with Gasteiger partial charge < -0.3 is 15.1 Å². The van der Waals surface area contributed by atoms with Crippen LogP contribution in [-0.4, -0.2) is 23.1 Å². The van der Waals surface area contributed by atoms with Crippen LogP contribution in [0.5, 0.6) is 0 Å². The van der Waals surface area contributed by atoms with E-state index in [0.717, 1.165) is 18.1 Å². The molecule has 4 heterocycles. The molecule has 6 aromatic rings. The predicted octanol–water partition coefficient (Wildman–Crippen LogP) is 9.06. The molecule has 0 spiro atoms. The van der Waals surface area contributed by atoms with Gasteiger partial charge >= 0.3 is 0 Å². The van der Waals surface area contributed by atoms with Gasteiger partial charge in [0.15, 0.2) is 0 Å². The zero-order valence-electron chi connectivity index (χ0n) is 26.2. The van der Waals surface area contributed by atoms with Crippen molar-refractivity contribution >= 4 is 33.7 Å². The standard InChI is InChI=1S/C42H35N5/c1-45-26-25-33-38(28-45)46(31-19-9-4-10-20-31)37-24-14-12-22-34(37)41-40(33)32-21-11-13-23-36(32)47(41)39-27-35(29-15-5-2-6-16-29)43-42(44-39)30-17-7-3-8-18-30/h2-27,35,42-44H,28H2,1H3. The maximum atomic E-state index is 3.94. The summed E-state index contributed by atoms with van der Waals surface area (Å²) < 4.78 is 2.47. The fourth-order valence-electron chi connectivity index (χ4n) is 7.44. The average molecular weight is 610 g/mol. The van der Waals surface area contributed by atoms with E-state index in [-0.39, 0.29) is 12.2 Å². The maximum absolute atomic E-state index is 3.94. The topological polar surface area (TPSA) is 35.5 Å². The highest BCUT2D eigenvalue weighted by atomic mass is 15.3. The molecular formula is C42H35N5. The van der Waals surface area contributed by atoms with E-state index < -0.39 is 0 Å². The SMILES string of the molecule is CN1C=CC2=C(C1)N(c1ccccc1)c1ccccc1-c1c2c2ccccc2n1C1=CC(c2ccccc2)NC(c2ccccc2)N1. The number of para-hydroxylation sites is 3. The van der Waals surface area contributed by atoms with Crippen LogP contribution < -0.4 is 15.5 Å². The van der Waals surface area contributed by atoms with Gasteiger partial charge in [0.2, 0.25) is 0 Å². The minimum Gasteiger partial charge on any atom is -0.375 e. The summed E-state index contributed by atoms with van der Waals surface area (Å²) in [5, 5.41) is 9.06. The number of aromatic nitrogens is 1. The Hall–Kier alpha value is -5.78. The number of rotatable bonds is 4. The number of fused-ring (bicyclic) bond motifs is 6. The van der Waals surface area contributed by atoms with Gasteiger partial charge in [-0.3, -0.25) is 9.88 Å². The van der Waals surface area contributed by atoms with Crippen LogP contribution in [0.4, 0.5) is 11.4 Å². The fourth-order valence-corrected chi connectivity index (χ4v) is 7.44. The van der Waals surface area contributed by atoms with Gasteiger partial charge in [-0.25, -0.2) is 0 Å². The summed E-state index contributed by atoms with van der Waals surface area (Å²) >= 11 is 0. The zero-order valence-corrected chi connectivity index (χ0v) is 26.2. The largest absolute Gasteiger partial charge is 0.375 e. The second-order valence-electron chi connectivity index (χ2n) is 12.5. The summed E-state index contributed by atoms with van der Waals surface area (Å²) in [6.45, 7) is 0.797. The lowest BCUT2D eigenvalue weighted by molar-refractivity contribution is 0.434. The van der Waals surface area contributed by atoms with E-state index in [9.17, 15) is 0 Å². The van der Waals surface area contributed by atoms with E-state index in [1.165, 1.54) is 55.8 Å². The Balaban J connectivity index is 1.35. The van der Waals surface area contributed by atoms with Gasteiger partial charge in [-0.05, 0) is 53.7 Å². The Morgan fingerprint density at radius 1 is 0.681 bits per heavy atom. The first kappa shape index (κ1) is 27.5. The van der Waals surface area contributed by atoms with Crippen molar-refractivity contribution in [2.75, 3.05) is 18.5 Å². The van der Waals surface area contributed by atoms with Crippen molar-refractivity contribution in [3.8, 4) is 11.3 Å². The summed E-state index contributed by atoms with van der Waals surface area (Å²) in [7, 11) is 2.15. The second-order valence-corrected chi connectivity index (χ2v) is 12.5. The number of likely N-dealkylation sites (N-methyl/N-ethyl adjacent to an activating group) is 1. The molecule has 5 heteroatoms. The van der Waals surface area contributed by atoms with Crippen molar-refractivity contribution in [2.45, 2.75) is 12.2 Å². The molecule has 0 radical (unpaired) electrons. The maximum Gasteiger partial charge on any atom is 0.110 e. The smallest absolute Gasteiger partial charge is 0.110 e. The first-order chi connectivity index (χ1) is 23.2. The first-order valence-corrected chi connectivity index (χ1v) is 16.3. The Kier molecular flexibility index (Phi) is 6.58. The summed E-state index contributed by atoms with van der Waals surface area (Å²) in [6.07, 6.45) is 6.79. The molecule has 5 aromatic carbocycles. The van der Waals surface area contributed by atoms with Crippen LogP contribution in [0.1, 0.15) is 28.9 Å². The minimum absolute atomic E-state index is 0.00862. The van der Waals surface area contributed by atoms with E-state index in [4.69, 9.17) is 0 Å². The molecule has 3 aliphatic heterocycles. The molecule has 2 unspecified atom stereocenters. The monoisotopic (exact) mass is 609 g/mol. The van der Waals surface area contributed by atoms with Crippen LogP contribution >= 0.6 is 0 Å². The molecule has 0 bridgehead atoms. The van der Waals surface area contributed by atoms with Crippen LogP contribution in [0.2, 0.25) is 0 Å². The van der Waals surface area contributed by atoms with Gasteiger partial charge in [0.1, 0.15) is 12.0 Å². The second kappa shape index (κ2) is 11.2. The van der Waals surface area contributed by atoms with Crippen molar-refractivity contribution in [1.82, 2.24) is 20.1 Å². The highest BCUT2D eigenvalue weighted by Crippen LogP contribution is 2.51. The first-order valence-electron chi connectivity index (χ1n) is 16.3. The van der Waals surface area contributed by atoms with E-state index in [1.54, 1.807) is 0 Å². The van der Waals surface area contributed by atoms with Gasteiger partial charge in [-0.15, -0.1) is 0 Å². The molecule has 3 aliphatic rings. The Bertz CT molecular complexity index is 2190. The van der Waals surface area contributed by atoms with Gasteiger partial charge in [-0.2, -0.15) is 0 Å². The van der Waals surface area contributed by atoms with E-state index >= 15 is 0 Å². The van der Waals surface area contributed by atoms with E-state index in [1.807, 2.05) is 0 Å². The number of allylic oxidation sites excluding steroid dienone is 2. The van der Waals surface area contributed by atoms with Gasteiger partial charge in [0.25, 0.3) is 0 Å². The molecule has 9 rings (SSSR count). The van der Waals surface area contributed by atoms with E-state index in [0.29, 0.717) is 0 Å². The Morgan fingerprint density at radius 3 is 2.13 bits per heavy atom. The number of hydrogen-bond donors (Lipinski definition) is 2. The van der Waals surface area contributed by atoms with Crippen LogP contribution in [0, 0.1) is 0 Å². The van der Waals surface area contributed by atoms with Crippen LogP contribution in [-0.2, 0) is 0 Å². The summed E-state index contributed by atoms with van der Waals surface area (Å²) in [5.74, 6) is 1.06. The quantitative estimate of drug-likeness (QED) is 0.209. The normalized spacial score (nSPS) is 18.6. The Morgan fingerprint density at radius 2 is 1.34 bits per heavy atom. The Labute approximate surface area is 275 Å². The molecule has 0 saturated carbocycles. The molecule has 0 saturated heterocycles. The molecule has 47 heavy (non-hydrogen) atoms. The van der Waals surface area contributed by atoms with Crippen LogP contribution in [0.15, 0.2) is 164 Å². The molecular weight excluding hydrogens is 574 g/mol. The number of nitrogens with one attached hydrogen (secondary N) is 2. The lowest BCUT2D eigenvalue weighted by Gasteiger charge is -2.34. The van der Waals surface area contributed by atoms with Gasteiger partial charge in [0, 0.05) is 34.8 Å². The molecule has 2 atom stereocenters. The molecule has 0 aliphatic carbocycles. The van der Waals surface area contributed by atoms with Gasteiger partial charge in [-0.1, -0.05) is 115 Å². The lowest BCUT2D eigenvalue weighted by Crippen LogP contribution is -2.41. The van der Waals surface area contributed by atoms with Crippen molar-refractivity contribution in [3.05, 3.63) is 180 Å². The summed E-state index contributed by atoms with van der Waals surface area (Å²) in [5.41, 5.74) is 12.1. The van der Waals surface area contributed by atoms with Crippen molar-refractivity contribution in [3.63, 3.8) is 0 Å². The molecule has 228 valence electrons. The molecule has 2 N–H and O–H groups in total. The molecule has 0 amide bonds. The zero-order chi connectivity index (χ0) is 31.3. The van der Waals surface area contributed by atoms with Crippen molar-refractivity contribution in [2.24, 2.45) is 0 Å². The number of hydrogen-bond acceptors (Lipinski definition) is 4. The highest BCUT2D eigenvalue weighted by molar-refractivity contribution is 6.09. The van der Waals surface area contributed by atoms with E-state index in [2.05, 4.69) is 190 Å². The fraction of sp³-hybridized carbons (Fsp3) is 0.0952. The van der Waals surface area contributed by atoms with Gasteiger partial charge in [0.05, 0.1) is 35.2 Å². The number of nitrogens with zero attached hydrogens (tertiary/aromatic N) is 3. The molecule has 5 nitrogen and oxygen atoms in total. The number of benzene rings is 5. The molecule has 0 fully saturated rings. The minimum atomic E-state index is -0.0851. The summed E-state index contributed by atoms with van der Waals surface area (Å²) in [4.78, 5) is 4.74. The van der Waals surface area contributed by atoms with Crippen molar-refractivity contribution < 1.29 is 0 Å². The average Bonchev–Trinajstić information content (AvgIpc) is 3.42. The third-order valence-electron chi connectivity index (χ3n) is 9.53. The number of anilines is 2. The predicted molar refractivity (Wildman–Crippen MR) is 194 cm³/mol. The third kappa shape index (κ3) is 4.58. The van der Waals surface area contributed by atoms with Crippen molar-refractivity contribution in [1.29, 1.82) is 0 Å². The summed E-state index contributed by atoms with van der Waals surface area (Å²) in [6, 6.07) is 50.0. The van der Waals surface area contributed by atoms with Crippen LogP contribution in [0.3, 0.4) is 0 Å². The lowest BCUT2D eigenvalue weighted by atomic mass is 9.96.